The number of carboxylic acids is 1. The number of nitrogens with zero attached hydrogens (tertiary/aromatic N) is 2. The molecule has 0 fully saturated rings. The van der Waals surface area contributed by atoms with Gasteiger partial charge >= 0.3 is 5.97 Å². The number of fused-ring (bicyclic) bond motifs is 1. The van der Waals surface area contributed by atoms with Gasteiger partial charge in [0.2, 0.25) is 5.91 Å². The van der Waals surface area contributed by atoms with Crippen molar-refractivity contribution in [1.29, 1.82) is 0 Å². The molecule has 192 valence electrons. The molecule has 37 heavy (non-hydrogen) atoms. The first-order chi connectivity index (χ1) is 17.6. The lowest BCUT2D eigenvalue weighted by molar-refractivity contribution is -0.148. The second-order valence-corrected chi connectivity index (χ2v) is 9.69. The maximum atomic E-state index is 13.8. The van der Waals surface area contributed by atoms with Crippen LogP contribution in [0.1, 0.15) is 29.8 Å². The van der Waals surface area contributed by atoms with E-state index in [1.165, 1.54) is 18.7 Å². The molecule has 3 aromatic carbocycles. The second-order valence-electron chi connectivity index (χ2n) is 9.26. The number of rotatable bonds is 8. The van der Waals surface area contributed by atoms with Crippen molar-refractivity contribution in [1.82, 2.24) is 4.90 Å². The minimum atomic E-state index is -1.60. The van der Waals surface area contributed by atoms with E-state index in [1.54, 1.807) is 24.3 Å². The molecule has 0 aliphatic carbocycles. The lowest BCUT2D eigenvalue weighted by Gasteiger charge is -2.33. The molecule has 4 rings (SSSR count). The second kappa shape index (κ2) is 10.6. The van der Waals surface area contributed by atoms with Gasteiger partial charge in [-0.25, -0.2) is 4.79 Å². The van der Waals surface area contributed by atoms with Crippen LogP contribution in [0, 0.1) is 0 Å². The fourth-order valence-electron chi connectivity index (χ4n) is 4.13. The molecular weight excluding hydrogens is 494 g/mol. The number of aliphatic carboxylic acids is 1. The summed E-state index contributed by atoms with van der Waals surface area (Å²) in [6.07, 6.45) is 0. The van der Waals surface area contributed by atoms with Crippen LogP contribution in [0.3, 0.4) is 0 Å². The first kappa shape index (κ1) is 26.2. The highest BCUT2D eigenvalue weighted by Gasteiger charge is 2.43. The van der Waals surface area contributed by atoms with Crippen LogP contribution in [0.4, 0.5) is 5.69 Å². The third-order valence-electron chi connectivity index (χ3n) is 6.38. The monoisotopic (exact) mass is 521 g/mol. The molecule has 0 spiro atoms. The average molecular weight is 522 g/mol. The van der Waals surface area contributed by atoms with Gasteiger partial charge < -0.3 is 25.4 Å². The summed E-state index contributed by atoms with van der Waals surface area (Å²) in [5.41, 5.74) is 6.95. The number of hydrogen-bond donors (Lipinski definition) is 2. The van der Waals surface area contributed by atoms with Crippen LogP contribution >= 0.6 is 11.6 Å². The number of anilines is 1. The number of ether oxygens (including phenoxy) is 1. The van der Waals surface area contributed by atoms with E-state index >= 15 is 0 Å². The maximum absolute atomic E-state index is 13.8. The van der Waals surface area contributed by atoms with E-state index in [1.807, 2.05) is 42.5 Å². The van der Waals surface area contributed by atoms with Crippen molar-refractivity contribution in [2.24, 2.45) is 5.73 Å². The Bertz CT molecular complexity index is 1320. The summed E-state index contributed by atoms with van der Waals surface area (Å²) >= 11 is 6.02. The number of halogens is 1. The first-order valence-corrected chi connectivity index (χ1v) is 12.2. The minimum absolute atomic E-state index is 0.199. The van der Waals surface area contributed by atoms with Gasteiger partial charge in [0.05, 0.1) is 17.8 Å². The topological polar surface area (TPSA) is 113 Å². The fraction of sp³-hybridized carbons (Fsp3) is 0.250. The number of nitrogens with two attached hydrogens (primary N) is 1. The molecule has 8 nitrogen and oxygen atoms in total. The van der Waals surface area contributed by atoms with Crippen LogP contribution < -0.4 is 15.4 Å². The van der Waals surface area contributed by atoms with Crippen LogP contribution in [0.25, 0.3) is 11.1 Å². The van der Waals surface area contributed by atoms with Crippen molar-refractivity contribution in [3.05, 3.63) is 82.9 Å². The van der Waals surface area contributed by atoms with Crippen LogP contribution in [0.2, 0.25) is 5.02 Å². The van der Waals surface area contributed by atoms with Crippen molar-refractivity contribution in [3.63, 3.8) is 0 Å². The number of carbonyl (C=O) groups excluding carboxylic acids is 2. The highest BCUT2D eigenvalue weighted by molar-refractivity contribution is 6.30. The number of benzene rings is 3. The van der Waals surface area contributed by atoms with E-state index in [0.29, 0.717) is 29.6 Å². The van der Waals surface area contributed by atoms with Crippen LogP contribution in [0.15, 0.2) is 66.7 Å². The van der Waals surface area contributed by atoms with Gasteiger partial charge in [-0.05, 0) is 66.9 Å². The van der Waals surface area contributed by atoms with Crippen molar-refractivity contribution < 1.29 is 24.2 Å². The van der Waals surface area contributed by atoms with Gasteiger partial charge in [-0.1, -0.05) is 41.9 Å². The summed E-state index contributed by atoms with van der Waals surface area (Å²) in [7, 11) is 0. The normalized spacial score (nSPS) is 13.8. The molecule has 1 aliphatic rings. The molecule has 0 aromatic heterocycles. The minimum Gasteiger partial charge on any atom is -0.492 e. The average Bonchev–Trinajstić information content (AvgIpc) is 2.99. The Hall–Kier alpha value is -3.88. The van der Waals surface area contributed by atoms with E-state index in [2.05, 4.69) is 0 Å². The molecule has 0 bridgehead atoms. The van der Waals surface area contributed by atoms with E-state index in [-0.39, 0.29) is 24.6 Å². The predicted molar refractivity (Wildman–Crippen MR) is 142 cm³/mol. The maximum Gasteiger partial charge on any atom is 0.329 e. The Morgan fingerprint density at radius 2 is 1.68 bits per heavy atom. The zero-order valence-corrected chi connectivity index (χ0v) is 21.4. The molecule has 1 aliphatic heterocycles. The van der Waals surface area contributed by atoms with E-state index in [0.717, 1.165) is 21.6 Å². The Balaban J connectivity index is 1.79. The van der Waals surface area contributed by atoms with Crippen molar-refractivity contribution in [2.45, 2.75) is 25.9 Å². The molecule has 1 heterocycles. The molecule has 9 heteroatoms. The summed E-state index contributed by atoms with van der Waals surface area (Å²) in [5, 5.41) is 10.4. The first-order valence-electron chi connectivity index (χ1n) is 11.8. The molecule has 0 saturated carbocycles. The predicted octanol–water partition coefficient (Wildman–Crippen LogP) is 4.20. The Kier molecular flexibility index (Phi) is 7.52. The molecule has 3 N–H and O–H groups in total. The molecule has 3 aromatic rings. The Labute approximate surface area is 220 Å². The summed E-state index contributed by atoms with van der Waals surface area (Å²) in [4.78, 5) is 41.9. The van der Waals surface area contributed by atoms with Gasteiger partial charge in [0.1, 0.15) is 24.4 Å². The molecular formula is C28H28ClN3O5. The summed E-state index contributed by atoms with van der Waals surface area (Å²) < 4.78 is 5.54. The van der Waals surface area contributed by atoms with Gasteiger partial charge in [-0.15, -0.1) is 0 Å². The van der Waals surface area contributed by atoms with Crippen LogP contribution in [0.5, 0.6) is 5.75 Å². The highest BCUT2D eigenvalue weighted by Crippen LogP contribution is 2.34. The zero-order valence-electron chi connectivity index (χ0n) is 20.6. The number of carboxylic acid groups (broad SMARTS) is 1. The Morgan fingerprint density at radius 3 is 2.30 bits per heavy atom. The fourth-order valence-corrected chi connectivity index (χ4v) is 4.25. The van der Waals surface area contributed by atoms with Crippen LogP contribution in [-0.4, -0.2) is 53.0 Å². The third-order valence-corrected chi connectivity index (χ3v) is 6.64. The van der Waals surface area contributed by atoms with Gasteiger partial charge in [0, 0.05) is 11.6 Å². The summed E-state index contributed by atoms with van der Waals surface area (Å²) in [6, 6.07) is 19.7. The number of amides is 2. The summed E-state index contributed by atoms with van der Waals surface area (Å²) in [5.74, 6) is -1.44. The van der Waals surface area contributed by atoms with Crippen LogP contribution in [-0.2, 0) is 16.1 Å². The largest absolute Gasteiger partial charge is 0.492 e. The SMILES string of the molecule is CC(C)(C(=O)O)N1CC(=O)N(Cc2ccc(Cl)cc2)c2ccc(-c3ccc(OCCN)cc3)cc2C1=O. The lowest BCUT2D eigenvalue weighted by Crippen LogP contribution is -2.55. The van der Waals surface area contributed by atoms with Gasteiger partial charge in [-0.2, -0.15) is 0 Å². The van der Waals surface area contributed by atoms with Crippen molar-refractivity contribution >= 4 is 35.1 Å². The molecule has 0 unspecified atom stereocenters. The zero-order chi connectivity index (χ0) is 26.7. The highest BCUT2D eigenvalue weighted by atomic mass is 35.5. The molecule has 0 radical (unpaired) electrons. The van der Waals surface area contributed by atoms with Gasteiger partial charge in [0.25, 0.3) is 5.91 Å². The molecule has 0 saturated heterocycles. The van der Waals surface area contributed by atoms with E-state index < -0.39 is 17.4 Å². The summed E-state index contributed by atoms with van der Waals surface area (Å²) in [6.45, 7) is 3.47. The Morgan fingerprint density at radius 1 is 1.03 bits per heavy atom. The quantitative estimate of drug-likeness (QED) is 0.459. The number of carbonyl (C=O) groups is 3. The molecule has 0 atom stereocenters. The lowest BCUT2D eigenvalue weighted by atomic mass is 9.98. The number of hydrogen-bond acceptors (Lipinski definition) is 5. The smallest absolute Gasteiger partial charge is 0.329 e. The van der Waals surface area contributed by atoms with Gasteiger partial charge in [0.15, 0.2) is 0 Å². The molecule has 2 amide bonds. The van der Waals surface area contributed by atoms with E-state index in [4.69, 9.17) is 22.1 Å². The third kappa shape index (κ3) is 5.45. The standard InChI is InChI=1S/C28H28ClN3O5/c1-28(2,27(35)36)32-17-25(33)31(16-18-3-8-21(29)9-4-18)24-12-7-20(15-23(24)26(32)34)19-5-10-22(11-6-19)37-14-13-30/h3-12,15H,13-14,16-17,30H2,1-2H3,(H,35,36). The van der Waals surface area contributed by atoms with Crippen molar-refractivity contribution in [3.8, 4) is 16.9 Å². The van der Waals surface area contributed by atoms with Gasteiger partial charge in [-0.3, -0.25) is 9.59 Å². The van der Waals surface area contributed by atoms with Crippen molar-refractivity contribution in [2.75, 3.05) is 24.6 Å². The van der Waals surface area contributed by atoms with E-state index in [9.17, 15) is 19.5 Å².